The number of carbonyl (C=O) groups is 1. The molecule has 0 radical (unpaired) electrons. The van der Waals surface area contributed by atoms with Gasteiger partial charge in [0.25, 0.3) is 0 Å². The third-order valence-electron chi connectivity index (χ3n) is 7.75. The van der Waals surface area contributed by atoms with Crippen LogP contribution >= 0.6 is 0 Å². The number of fused-ring (bicyclic) bond motifs is 2. The zero-order valence-electron chi connectivity index (χ0n) is 20.0. The molecule has 1 saturated carbocycles. The number of aryl methyl sites for hydroxylation is 1. The maximum Gasteiger partial charge on any atom is 0.409 e. The summed E-state index contributed by atoms with van der Waals surface area (Å²) in [6, 6.07) is 25.5. The molecule has 2 fully saturated rings. The molecule has 2 atom stereocenters. The van der Waals surface area contributed by atoms with E-state index in [-0.39, 0.29) is 0 Å². The van der Waals surface area contributed by atoms with Crippen LogP contribution in [-0.4, -0.2) is 24.1 Å². The van der Waals surface area contributed by atoms with E-state index in [1.54, 1.807) is 0 Å². The van der Waals surface area contributed by atoms with Crippen molar-refractivity contribution in [2.24, 2.45) is 23.5 Å². The number of carbonyl (C=O) groups excluding carboxylic acids is 1. The second-order valence-electron chi connectivity index (χ2n) is 10.1. The molecule has 0 spiro atoms. The minimum atomic E-state index is -0.741. The lowest BCUT2D eigenvalue weighted by atomic mass is 9.79. The van der Waals surface area contributed by atoms with Crippen molar-refractivity contribution in [1.29, 1.82) is 0 Å². The number of primary amides is 1. The molecule has 1 heterocycles. The average molecular weight is 455 g/mol. The molecule has 34 heavy (non-hydrogen) atoms. The lowest BCUT2D eigenvalue weighted by molar-refractivity contribution is 0.103. The number of hydrogen-bond donors (Lipinski definition) is 1. The van der Waals surface area contributed by atoms with E-state index in [9.17, 15) is 4.79 Å². The Labute approximate surface area is 202 Å². The van der Waals surface area contributed by atoms with Crippen LogP contribution in [0.5, 0.6) is 5.75 Å². The van der Waals surface area contributed by atoms with Crippen LogP contribution in [0.15, 0.2) is 72.8 Å². The van der Waals surface area contributed by atoms with Gasteiger partial charge in [-0.15, -0.1) is 0 Å². The fourth-order valence-electron chi connectivity index (χ4n) is 6.11. The lowest BCUT2D eigenvalue weighted by Crippen LogP contribution is -2.42. The number of likely N-dealkylation sites (tertiary alicyclic amines) is 1. The summed E-state index contributed by atoms with van der Waals surface area (Å²) in [6.07, 6.45) is 3.60. The molecule has 3 aromatic rings. The molecule has 2 bridgehead atoms. The van der Waals surface area contributed by atoms with Gasteiger partial charge in [-0.3, -0.25) is 4.90 Å². The van der Waals surface area contributed by atoms with Crippen molar-refractivity contribution in [3.8, 4) is 5.75 Å². The zero-order chi connectivity index (χ0) is 23.5. The Kier molecular flexibility index (Phi) is 6.68. The number of nitrogens with two attached hydrogens (primary N) is 1. The van der Waals surface area contributed by atoms with Crippen LogP contribution in [0.1, 0.15) is 40.7 Å². The number of amides is 1. The van der Waals surface area contributed by atoms with Gasteiger partial charge < -0.3 is 10.5 Å². The van der Waals surface area contributed by atoms with Crippen molar-refractivity contribution in [1.82, 2.24) is 4.90 Å². The third-order valence-corrected chi connectivity index (χ3v) is 7.75. The average Bonchev–Trinajstić information content (AvgIpc) is 3.05. The maximum atomic E-state index is 11.7. The molecular weight excluding hydrogens is 420 g/mol. The smallest absolute Gasteiger partial charge is 0.409 e. The molecule has 1 amide bonds. The van der Waals surface area contributed by atoms with Crippen LogP contribution in [-0.2, 0) is 19.4 Å². The van der Waals surface area contributed by atoms with Crippen LogP contribution in [0.2, 0.25) is 0 Å². The van der Waals surface area contributed by atoms with E-state index >= 15 is 0 Å². The monoisotopic (exact) mass is 454 g/mol. The molecule has 2 N–H and O–H groups in total. The first-order valence-corrected chi connectivity index (χ1v) is 12.4. The van der Waals surface area contributed by atoms with Gasteiger partial charge in [-0.05, 0) is 78.7 Å². The predicted octanol–water partition coefficient (Wildman–Crippen LogP) is 5.74. The Morgan fingerprint density at radius 3 is 2.29 bits per heavy atom. The van der Waals surface area contributed by atoms with E-state index in [4.69, 9.17) is 10.5 Å². The van der Waals surface area contributed by atoms with E-state index in [1.807, 2.05) is 12.1 Å². The largest absolute Gasteiger partial charge is 0.410 e. The Bertz CT molecular complexity index is 1110. The predicted molar refractivity (Wildman–Crippen MR) is 136 cm³/mol. The topological polar surface area (TPSA) is 55.6 Å². The Morgan fingerprint density at radius 1 is 0.912 bits per heavy atom. The second-order valence-corrected chi connectivity index (χ2v) is 10.1. The van der Waals surface area contributed by atoms with Crippen LogP contribution < -0.4 is 10.5 Å². The molecule has 2 aliphatic rings. The van der Waals surface area contributed by atoms with Crippen LogP contribution in [0, 0.1) is 24.7 Å². The Morgan fingerprint density at radius 2 is 1.62 bits per heavy atom. The first kappa shape index (κ1) is 22.7. The van der Waals surface area contributed by atoms with Gasteiger partial charge in [-0.25, -0.2) is 4.79 Å². The Balaban J connectivity index is 1.36. The normalized spacial score (nSPS) is 22.0. The molecule has 1 saturated heterocycles. The molecule has 1 aliphatic carbocycles. The first-order chi connectivity index (χ1) is 16.5. The summed E-state index contributed by atoms with van der Waals surface area (Å²) >= 11 is 0. The summed E-state index contributed by atoms with van der Waals surface area (Å²) in [4.78, 5) is 14.3. The van der Waals surface area contributed by atoms with Gasteiger partial charge in [-0.1, -0.05) is 72.3 Å². The van der Waals surface area contributed by atoms with Crippen LogP contribution in [0.25, 0.3) is 0 Å². The molecule has 4 heteroatoms. The highest BCUT2D eigenvalue weighted by molar-refractivity contribution is 5.69. The van der Waals surface area contributed by atoms with Crippen molar-refractivity contribution < 1.29 is 9.53 Å². The van der Waals surface area contributed by atoms with Crippen molar-refractivity contribution in [3.05, 3.63) is 101 Å². The van der Waals surface area contributed by atoms with E-state index in [1.165, 1.54) is 35.1 Å². The van der Waals surface area contributed by atoms with Gasteiger partial charge >= 0.3 is 6.09 Å². The van der Waals surface area contributed by atoms with Gasteiger partial charge in [0.2, 0.25) is 0 Å². The molecule has 1 aliphatic heterocycles. The third kappa shape index (κ3) is 5.18. The highest BCUT2D eigenvalue weighted by Gasteiger charge is 2.42. The fourth-order valence-corrected chi connectivity index (χ4v) is 6.11. The summed E-state index contributed by atoms with van der Waals surface area (Å²) in [5.41, 5.74) is 11.7. The van der Waals surface area contributed by atoms with Crippen LogP contribution in [0.4, 0.5) is 4.79 Å². The quantitative estimate of drug-likeness (QED) is 0.495. The van der Waals surface area contributed by atoms with E-state index in [0.717, 1.165) is 38.0 Å². The van der Waals surface area contributed by atoms with Crippen molar-refractivity contribution in [2.45, 2.75) is 39.2 Å². The number of piperidine rings is 1. The number of ether oxygens (including phenoxy) is 1. The second kappa shape index (κ2) is 10.0. The molecule has 0 aromatic heterocycles. The number of rotatable bonds is 7. The summed E-state index contributed by atoms with van der Waals surface area (Å²) in [5.74, 6) is 2.59. The van der Waals surface area contributed by atoms with Crippen molar-refractivity contribution >= 4 is 6.09 Å². The molecule has 176 valence electrons. The molecule has 4 nitrogen and oxygen atoms in total. The fraction of sp³-hybridized carbons (Fsp3) is 0.367. The van der Waals surface area contributed by atoms with E-state index in [0.29, 0.717) is 23.5 Å². The van der Waals surface area contributed by atoms with Crippen molar-refractivity contribution in [2.75, 3.05) is 13.1 Å². The van der Waals surface area contributed by atoms with Crippen LogP contribution in [0.3, 0.4) is 0 Å². The minimum Gasteiger partial charge on any atom is -0.410 e. The van der Waals surface area contributed by atoms with Gasteiger partial charge in [0.1, 0.15) is 5.75 Å². The standard InChI is InChI=1S/C30H34N2O2/c1-21-10-12-22(13-11-21)16-24-8-5-9-29(34-30(31)33)28(24)17-27-25-14-15-26(27)20-32(19-25)18-23-6-3-2-4-7-23/h2-13,25-27H,14-20H2,1H3,(H2,31,33). The molecule has 2 unspecified atom stereocenters. The number of benzene rings is 3. The lowest BCUT2D eigenvalue weighted by Gasteiger charge is -2.38. The van der Waals surface area contributed by atoms with E-state index < -0.39 is 6.09 Å². The first-order valence-electron chi connectivity index (χ1n) is 12.4. The number of hydrogen-bond acceptors (Lipinski definition) is 3. The van der Waals surface area contributed by atoms with Gasteiger partial charge in [0.15, 0.2) is 0 Å². The van der Waals surface area contributed by atoms with E-state index in [2.05, 4.69) is 72.5 Å². The van der Waals surface area contributed by atoms with Gasteiger partial charge in [0, 0.05) is 19.6 Å². The highest BCUT2D eigenvalue weighted by Crippen LogP contribution is 2.45. The van der Waals surface area contributed by atoms with Crippen molar-refractivity contribution in [3.63, 3.8) is 0 Å². The summed E-state index contributed by atoms with van der Waals surface area (Å²) < 4.78 is 5.50. The zero-order valence-corrected chi connectivity index (χ0v) is 20.0. The summed E-state index contributed by atoms with van der Waals surface area (Å²) in [5, 5.41) is 0. The summed E-state index contributed by atoms with van der Waals surface area (Å²) in [7, 11) is 0. The Hall–Kier alpha value is -3.11. The van der Waals surface area contributed by atoms with Gasteiger partial charge in [-0.2, -0.15) is 0 Å². The molecule has 5 rings (SSSR count). The highest BCUT2D eigenvalue weighted by atomic mass is 16.5. The summed E-state index contributed by atoms with van der Waals surface area (Å²) in [6.45, 7) is 5.42. The number of nitrogens with zero attached hydrogens (tertiary/aromatic N) is 1. The maximum absolute atomic E-state index is 11.7. The molecule has 3 aromatic carbocycles. The minimum absolute atomic E-state index is 0.612. The van der Waals surface area contributed by atoms with Gasteiger partial charge in [0.05, 0.1) is 0 Å². The molecular formula is C30H34N2O2. The SMILES string of the molecule is Cc1ccc(Cc2cccc(OC(N)=O)c2CC2C3CCC2CN(Cc2ccccc2)C3)cc1.